The van der Waals surface area contributed by atoms with Crippen LogP contribution in [0, 0.1) is 0 Å². The number of nitrogens with zero attached hydrogens (tertiary/aromatic N) is 2. The van der Waals surface area contributed by atoms with Crippen LogP contribution in [0.25, 0.3) is 11.0 Å². The van der Waals surface area contributed by atoms with E-state index in [-0.39, 0.29) is 18.6 Å². The normalized spacial score (nSPS) is 9.93. The third-order valence-electron chi connectivity index (χ3n) is 2.36. The van der Waals surface area contributed by atoms with Crippen LogP contribution in [0.15, 0.2) is 36.9 Å². The third kappa shape index (κ3) is 2.16. The van der Waals surface area contributed by atoms with E-state index in [1.165, 1.54) is 5.52 Å². The van der Waals surface area contributed by atoms with Crippen molar-refractivity contribution in [2.45, 2.75) is 19.9 Å². The summed E-state index contributed by atoms with van der Waals surface area (Å²) in [7, 11) is 0. The standard InChI is InChI=1S/C12H14N2.V/c1-3-9-14-11-8-6-5-7-10(11)13-12(14)4-2;/h3,5-8H,1,4,9H2,2H3;. The van der Waals surface area contributed by atoms with E-state index in [0.717, 1.165) is 24.3 Å². The van der Waals surface area contributed by atoms with Gasteiger partial charge < -0.3 is 4.57 Å². The van der Waals surface area contributed by atoms with Crippen LogP contribution < -0.4 is 0 Å². The van der Waals surface area contributed by atoms with E-state index >= 15 is 0 Å². The smallest absolute Gasteiger partial charge is 0.109 e. The molecule has 1 aromatic heterocycles. The fourth-order valence-electron chi connectivity index (χ4n) is 1.73. The molecule has 0 saturated heterocycles. The average Bonchev–Trinajstić information content (AvgIpc) is 2.58. The Hall–Kier alpha value is -0.986. The molecule has 1 aromatic carbocycles. The number of allylic oxidation sites excluding steroid dienone is 1. The van der Waals surface area contributed by atoms with Gasteiger partial charge in [-0.2, -0.15) is 0 Å². The van der Waals surface area contributed by atoms with Gasteiger partial charge in [-0.15, -0.1) is 6.58 Å². The molecule has 3 heteroatoms. The predicted molar refractivity (Wildman–Crippen MR) is 59.3 cm³/mol. The van der Waals surface area contributed by atoms with E-state index in [2.05, 4.69) is 29.1 Å². The zero-order valence-corrected chi connectivity index (χ0v) is 10.2. The van der Waals surface area contributed by atoms with Crippen molar-refractivity contribution in [3.63, 3.8) is 0 Å². The molecule has 2 rings (SSSR count). The van der Waals surface area contributed by atoms with E-state index < -0.39 is 0 Å². The van der Waals surface area contributed by atoms with Crippen LogP contribution in [0.5, 0.6) is 0 Å². The molecule has 0 aliphatic heterocycles. The molecule has 0 spiro atoms. The van der Waals surface area contributed by atoms with Crippen LogP contribution in [-0.4, -0.2) is 9.55 Å². The van der Waals surface area contributed by atoms with Crippen molar-refractivity contribution < 1.29 is 18.6 Å². The van der Waals surface area contributed by atoms with Crippen molar-refractivity contribution in [1.82, 2.24) is 9.55 Å². The molecule has 0 unspecified atom stereocenters. The number of para-hydroxylation sites is 2. The summed E-state index contributed by atoms with van der Waals surface area (Å²) in [6, 6.07) is 8.22. The Morgan fingerprint density at radius 1 is 1.40 bits per heavy atom. The molecule has 0 saturated carbocycles. The molecule has 0 aliphatic carbocycles. The Labute approximate surface area is 102 Å². The van der Waals surface area contributed by atoms with E-state index in [0.29, 0.717) is 0 Å². The Bertz CT molecular complexity index is 460. The van der Waals surface area contributed by atoms with Crippen molar-refractivity contribution in [2.24, 2.45) is 0 Å². The number of aromatic nitrogens is 2. The number of hydrogen-bond donors (Lipinski definition) is 0. The summed E-state index contributed by atoms with van der Waals surface area (Å²) in [4.78, 5) is 4.56. The molecule has 2 nitrogen and oxygen atoms in total. The number of imidazole rings is 1. The van der Waals surface area contributed by atoms with Gasteiger partial charge in [-0.25, -0.2) is 4.98 Å². The predicted octanol–water partition coefficient (Wildman–Crippen LogP) is 2.78. The van der Waals surface area contributed by atoms with Crippen molar-refractivity contribution >= 4 is 11.0 Å². The van der Waals surface area contributed by atoms with Crippen LogP contribution in [0.4, 0.5) is 0 Å². The number of benzene rings is 1. The minimum absolute atomic E-state index is 0. The molecule has 77 valence electrons. The number of rotatable bonds is 3. The molecule has 0 N–H and O–H groups in total. The Morgan fingerprint density at radius 3 is 2.80 bits per heavy atom. The second-order valence-corrected chi connectivity index (χ2v) is 3.27. The van der Waals surface area contributed by atoms with Gasteiger partial charge in [0.1, 0.15) is 5.82 Å². The minimum atomic E-state index is 0. The van der Waals surface area contributed by atoms with Crippen LogP contribution in [0.1, 0.15) is 12.7 Å². The van der Waals surface area contributed by atoms with Gasteiger partial charge in [0.15, 0.2) is 0 Å². The fourth-order valence-corrected chi connectivity index (χ4v) is 1.73. The Kier molecular flexibility index (Phi) is 4.19. The second kappa shape index (κ2) is 5.20. The van der Waals surface area contributed by atoms with Gasteiger partial charge in [-0.3, -0.25) is 0 Å². The molecule has 2 aromatic rings. The molecule has 0 atom stereocenters. The van der Waals surface area contributed by atoms with Crippen molar-refractivity contribution in [1.29, 1.82) is 0 Å². The molecule has 0 fully saturated rings. The summed E-state index contributed by atoms with van der Waals surface area (Å²) in [6.45, 7) is 6.73. The van der Waals surface area contributed by atoms with Crippen LogP contribution in [0.2, 0.25) is 0 Å². The maximum atomic E-state index is 4.56. The SMILES string of the molecule is C=CCn1c(CC)nc2ccccc21.[V]. The summed E-state index contributed by atoms with van der Waals surface area (Å²) >= 11 is 0. The van der Waals surface area contributed by atoms with Gasteiger partial charge in [0.25, 0.3) is 0 Å². The van der Waals surface area contributed by atoms with E-state index in [1.54, 1.807) is 0 Å². The van der Waals surface area contributed by atoms with Crippen molar-refractivity contribution in [3.8, 4) is 0 Å². The van der Waals surface area contributed by atoms with E-state index in [4.69, 9.17) is 0 Å². The number of aryl methyl sites for hydroxylation is 1. The summed E-state index contributed by atoms with van der Waals surface area (Å²) in [5, 5.41) is 0. The molecular formula is C12H14N2V. The first-order valence-electron chi connectivity index (χ1n) is 4.92. The molecule has 1 heterocycles. The maximum absolute atomic E-state index is 4.56. The largest absolute Gasteiger partial charge is 0.324 e. The quantitative estimate of drug-likeness (QED) is 0.750. The van der Waals surface area contributed by atoms with Crippen molar-refractivity contribution in [3.05, 3.63) is 42.7 Å². The molecule has 0 aliphatic rings. The van der Waals surface area contributed by atoms with Crippen LogP contribution in [-0.2, 0) is 31.5 Å². The summed E-state index contributed by atoms with van der Waals surface area (Å²) in [6.07, 6.45) is 2.87. The second-order valence-electron chi connectivity index (χ2n) is 3.27. The zero-order valence-electron chi connectivity index (χ0n) is 8.85. The van der Waals surface area contributed by atoms with Crippen molar-refractivity contribution in [2.75, 3.05) is 0 Å². The monoisotopic (exact) mass is 237 g/mol. The minimum Gasteiger partial charge on any atom is -0.324 e. The molecule has 0 bridgehead atoms. The molecule has 1 radical (unpaired) electrons. The molecular weight excluding hydrogens is 223 g/mol. The topological polar surface area (TPSA) is 17.8 Å². The maximum Gasteiger partial charge on any atom is 0.109 e. The summed E-state index contributed by atoms with van der Waals surface area (Å²) in [5.41, 5.74) is 2.27. The first-order chi connectivity index (χ1) is 6.86. The van der Waals surface area contributed by atoms with Gasteiger partial charge in [0.2, 0.25) is 0 Å². The molecule has 15 heavy (non-hydrogen) atoms. The Morgan fingerprint density at radius 2 is 2.13 bits per heavy atom. The van der Waals surface area contributed by atoms with Gasteiger partial charge in [-0.1, -0.05) is 25.1 Å². The number of hydrogen-bond acceptors (Lipinski definition) is 1. The zero-order chi connectivity index (χ0) is 9.97. The first kappa shape index (κ1) is 12.1. The van der Waals surface area contributed by atoms with E-state index in [1.807, 2.05) is 24.3 Å². The van der Waals surface area contributed by atoms with Gasteiger partial charge in [0.05, 0.1) is 11.0 Å². The van der Waals surface area contributed by atoms with Gasteiger partial charge >= 0.3 is 0 Å². The van der Waals surface area contributed by atoms with Gasteiger partial charge in [-0.05, 0) is 12.1 Å². The van der Waals surface area contributed by atoms with Crippen LogP contribution >= 0.6 is 0 Å². The first-order valence-corrected chi connectivity index (χ1v) is 4.92. The third-order valence-corrected chi connectivity index (χ3v) is 2.36. The van der Waals surface area contributed by atoms with E-state index in [9.17, 15) is 0 Å². The fraction of sp³-hybridized carbons (Fsp3) is 0.250. The van der Waals surface area contributed by atoms with Gasteiger partial charge in [0, 0.05) is 31.5 Å². The number of fused-ring (bicyclic) bond motifs is 1. The summed E-state index contributed by atoms with van der Waals surface area (Å²) in [5.74, 6) is 1.13. The average molecular weight is 237 g/mol. The summed E-state index contributed by atoms with van der Waals surface area (Å²) < 4.78 is 2.21. The van der Waals surface area contributed by atoms with Crippen LogP contribution in [0.3, 0.4) is 0 Å². The molecule has 0 amide bonds. The Balaban J connectivity index is 0.00000112.